The van der Waals surface area contributed by atoms with E-state index in [2.05, 4.69) is 148 Å². The maximum Gasteiger partial charge on any atom is 0.128 e. The highest BCUT2D eigenvalue weighted by molar-refractivity contribution is 9.09. The molecule has 296 valence electrons. The van der Waals surface area contributed by atoms with Gasteiger partial charge in [0.1, 0.15) is 36.2 Å². The summed E-state index contributed by atoms with van der Waals surface area (Å²) < 4.78 is 26.8. The molecule has 4 aromatic carbocycles. The number of alkyl halides is 1. The van der Waals surface area contributed by atoms with Crippen LogP contribution in [-0.2, 0) is 58.9 Å². The van der Waals surface area contributed by atoms with Crippen molar-refractivity contribution in [3.8, 4) is 23.0 Å². The predicted octanol–water partition coefficient (Wildman–Crippen LogP) is 11.9. The summed E-state index contributed by atoms with van der Waals surface area (Å²) >= 11 is 3.61. The zero-order valence-corrected chi connectivity index (χ0v) is 37.0. The van der Waals surface area contributed by atoms with Gasteiger partial charge in [-0.1, -0.05) is 135 Å². The minimum absolute atomic E-state index is 0.0915. The van der Waals surface area contributed by atoms with Crippen LogP contribution in [0, 0.1) is 0 Å². The number of ether oxygens (including phenoxy) is 4. The van der Waals surface area contributed by atoms with Gasteiger partial charge in [-0.15, -0.1) is 0 Å². The van der Waals surface area contributed by atoms with Crippen LogP contribution < -0.4 is 14.2 Å². The van der Waals surface area contributed by atoms with Crippen molar-refractivity contribution >= 4 is 15.9 Å². The molecule has 0 spiro atoms. The highest BCUT2D eigenvalue weighted by Crippen LogP contribution is 2.43. The number of halogens is 1. The van der Waals surface area contributed by atoms with Crippen molar-refractivity contribution in [2.45, 2.75) is 137 Å². The molecule has 0 unspecified atom stereocenters. The molecule has 55 heavy (non-hydrogen) atoms. The zero-order valence-electron chi connectivity index (χ0n) is 35.4. The van der Waals surface area contributed by atoms with Gasteiger partial charge in [-0.05, 0) is 89.4 Å². The molecule has 6 heteroatoms. The Bertz CT molecular complexity index is 2050. The highest BCUT2D eigenvalue weighted by atomic mass is 79.9. The Balaban J connectivity index is 1.70. The van der Waals surface area contributed by atoms with Crippen LogP contribution in [0.2, 0.25) is 0 Å². The van der Waals surface area contributed by atoms with Crippen LogP contribution in [0.5, 0.6) is 23.0 Å². The number of hydrogen-bond donors (Lipinski definition) is 1. The molecule has 6 rings (SSSR count). The monoisotopic (exact) mass is 810 g/mol. The quantitative estimate of drug-likeness (QED) is 0.209. The first-order valence-corrected chi connectivity index (χ1v) is 21.1. The van der Waals surface area contributed by atoms with Crippen molar-refractivity contribution in [2.75, 3.05) is 25.2 Å². The fourth-order valence-corrected chi connectivity index (χ4v) is 7.80. The number of aromatic hydroxyl groups is 1. The summed E-state index contributed by atoms with van der Waals surface area (Å²) in [5.41, 5.74) is 12.7. The highest BCUT2D eigenvalue weighted by Gasteiger charge is 2.29. The Morgan fingerprint density at radius 2 is 0.855 bits per heavy atom. The third-order valence-electron chi connectivity index (χ3n) is 11.0. The Morgan fingerprint density at radius 1 is 0.509 bits per heavy atom. The molecular weight excluding hydrogens is 748 g/mol. The Hall–Kier alpha value is -3.48. The molecule has 0 aromatic heterocycles. The van der Waals surface area contributed by atoms with Gasteiger partial charge in [0.25, 0.3) is 0 Å². The van der Waals surface area contributed by atoms with Crippen LogP contribution >= 0.6 is 15.9 Å². The van der Waals surface area contributed by atoms with Crippen molar-refractivity contribution in [3.63, 3.8) is 0 Å². The number of rotatable bonds is 3. The maximum atomic E-state index is 12.1. The maximum absolute atomic E-state index is 12.1. The number of benzene rings is 4. The molecule has 2 heterocycles. The Labute approximate surface area is 339 Å². The fraction of sp³-hybridized carbons (Fsp3) is 0.510. The van der Waals surface area contributed by atoms with E-state index in [4.69, 9.17) is 18.9 Å². The lowest BCUT2D eigenvalue weighted by Gasteiger charge is -2.27. The van der Waals surface area contributed by atoms with Gasteiger partial charge in [0.2, 0.25) is 0 Å². The smallest absolute Gasteiger partial charge is 0.128 e. The van der Waals surface area contributed by atoms with Crippen LogP contribution in [0.4, 0.5) is 0 Å². The Kier molecular flexibility index (Phi) is 11.6. The van der Waals surface area contributed by atoms with E-state index in [-0.39, 0.29) is 34.0 Å². The average molecular weight is 812 g/mol. The van der Waals surface area contributed by atoms with E-state index in [1.807, 2.05) is 0 Å². The molecule has 1 N–H and O–H groups in total. The molecule has 0 aliphatic carbocycles. The molecule has 0 saturated heterocycles. The first-order valence-electron chi connectivity index (χ1n) is 20.0. The second-order valence-corrected chi connectivity index (χ2v) is 20.6. The normalized spacial score (nSPS) is 15.3. The minimum Gasteiger partial charge on any atom is -0.507 e. The largest absolute Gasteiger partial charge is 0.507 e. The van der Waals surface area contributed by atoms with E-state index >= 15 is 0 Å². The summed E-state index contributed by atoms with van der Waals surface area (Å²) in [4.78, 5) is 0. The lowest BCUT2D eigenvalue weighted by molar-refractivity contribution is 0.103. The van der Waals surface area contributed by atoms with E-state index in [0.717, 1.165) is 67.3 Å². The van der Waals surface area contributed by atoms with Crippen molar-refractivity contribution in [1.82, 2.24) is 0 Å². The molecule has 10 bridgehead atoms. The van der Waals surface area contributed by atoms with Gasteiger partial charge in [-0.2, -0.15) is 0 Å². The van der Waals surface area contributed by atoms with E-state index in [0.29, 0.717) is 51.0 Å². The molecule has 4 aromatic rings. The fourth-order valence-electron chi connectivity index (χ4n) is 7.63. The van der Waals surface area contributed by atoms with E-state index in [1.54, 1.807) is 0 Å². The molecule has 0 atom stereocenters. The van der Waals surface area contributed by atoms with Crippen LogP contribution in [0.1, 0.15) is 150 Å². The summed E-state index contributed by atoms with van der Waals surface area (Å²) in [5.74, 6) is 2.95. The molecule has 0 radical (unpaired) electrons. The van der Waals surface area contributed by atoms with Crippen LogP contribution in [-0.4, -0.2) is 30.3 Å². The number of hydrogen-bond acceptors (Lipinski definition) is 5. The van der Waals surface area contributed by atoms with E-state index in [1.165, 1.54) is 16.7 Å². The van der Waals surface area contributed by atoms with Gasteiger partial charge in [0.05, 0.1) is 19.8 Å². The molecular formula is C49H63BrO5. The summed E-state index contributed by atoms with van der Waals surface area (Å²) in [6.07, 6.45) is 1.82. The zero-order chi connectivity index (χ0) is 40.1. The van der Waals surface area contributed by atoms with Gasteiger partial charge >= 0.3 is 0 Å². The molecule has 0 fully saturated rings. The lowest BCUT2D eigenvalue weighted by Crippen LogP contribution is -2.16. The molecule has 0 amide bonds. The van der Waals surface area contributed by atoms with Gasteiger partial charge in [0.15, 0.2) is 0 Å². The number of phenolic OH excluding ortho intramolecular Hbond substituents is 1. The predicted molar refractivity (Wildman–Crippen MR) is 229 cm³/mol. The molecule has 2 aliphatic rings. The summed E-state index contributed by atoms with van der Waals surface area (Å²) in [7, 11) is 0. The van der Waals surface area contributed by atoms with Gasteiger partial charge in [-0.25, -0.2) is 0 Å². The van der Waals surface area contributed by atoms with Crippen molar-refractivity contribution in [1.29, 1.82) is 0 Å². The van der Waals surface area contributed by atoms with E-state index < -0.39 is 0 Å². The van der Waals surface area contributed by atoms with Gasteiger partial charge < -0.3 is 24.1 Å². The van der Waals surface area contributed by atoms with Crippen molar-refractivity contribution < 1.29 is 24.1 Å². The molecule has 5 nitrogen and oxygen atoms in total. The van der Waals surface area contributed by atoms with Crippen LogP contribution in [0.15, 0.2) is 48.5 Å². The third kappa shape index (κ3) is 9.23. The van der Waals surface area contributed by atoms with Gasteiger partial charge in [0, 0.05) is 35.7 Å². The van der Waals surface area contributed by atoms with Crippen LogP contribution in [0.25, 0.3) is 0 Å². The number of phenols is 1. The second kappa shape index (κ2) is 15.5. The van der Waals surface area contributed by atoms with Crippen molar-refractivity contribution in [2.24, 2.45) is 0 Å². The summed E-state index contributed by atoms with van der Waals surface area (Å²) in [6.45, 7) is 29.0. The van der Waals surface area contributed by atoms with E-state index in [9.17, 15) is 5.11 Å². The van der Waals surface area contributed by atoms with Crippen LogP contribution in [0.3, 0.4) is 0 Å². The standard InChI is InChI=1S/C49H63BrO5/c1-46(2,3)38-20-30-17-31-21-39(47(4,5)6)22-32-18-33-23-40(48(7,8)9)24-34(44(33)55-16-15-54-43(31)32)19-35-25-41(49(10,11)12)27-37(45(35)53-14-13-50)29-52-28-36(26-38)42(30)51/h20-27,51H,13-19,28-29H2,1-12H3. The summed E-state index contributed by atoms with van der Waals surface area (Å²) in [6, 6.07) is 18.2. The average Bonchev–Trinajstić information content (AvgIpc) is 3.16. The summed E-state index contributed by atoms with van der Waals surface area (Å²) in [5, 5.41) is 12.8. The number of fused-ring (bicyclic) bond motifs is 4. The third-order valence-corrected chi connectivity index (χ3v) is 11.3. The lowest BCUT2D eigenvalue weighted by atomic mass is 9.80. The van der Waals surface area contributed by atoms with Crippen molar-refractivity contribution in [3.05, 3.63) is 115 Å². The first-order chi connectivity index (χ1) is 25.6. The molecule has 0 saturated carbocycles. The topological polar surface area (TPSA) is 57.2 Å². The minimum atomic E-state index is -0.138. The van der Waals surface area contributed by atoms with Gasteiger partial charge in [-0.3, -0.25) is 0 Å². The molecule has 2 aliphatic heterocycles. The Morgan fingerprint density at radius 3 is 1.29 bits per heavy atom. The first kappa shape index (κ1) is 41.2. The second-order valence-electron chi connectivity index (χ2n) is 19.8. The SMILES string of the molecule is CC(C)(C)c1cc2c(O)c(c1)Cc1cc(C(C)(C)C)cc3c1OCCOc1c(cc(C(C)(C)C)cc1C3)Cc1cc(C(C)(C)C)cc(c1OCCBr)COC2.